The molecule has 3 rings (SSSR count). The van der Waals surface area contributed by atoms with Crippen LogP contribution in [0.15, 0.2) is 36.0 Å². The SMILES string of the molecule is C=CC[C@H](/C=C(/C)C[C@H](C)C[C@H](OC)[C@H]1OC(=O)C(C)C[C@@H]1OC)C(=O)C[C@H](O)[C@@H](C)[C@H](OC(=O)[C@@H]1CCCCN1C=O)/C(C)=C/[C@@H]1CC[C@@H](O)[C@H](OC)C1. The number of Topliss-reactive ketones (excluding diaryl/α,β-unsaturated/α-hetero) is 1. The Labute approximate surface area is 329 Å². The van der Waals surface area contributed by atoms with E-state index in [0.29, 0.717) is 57.9 Å². The van der Waals surface area contributed by atoms with Gasteiger partial charge in [0.2, 0.25) is 6.41 Å². The van der Waals surface area contributed by atoms with Crippen LogP contribution in [0, 0.1) is 29.6 Å². The van der Waals surface area contributed by atoms with E-state index in [2.05, 4.69) is 13.5 Å². The number of ketones is 1. The van der Waals surface area contributed by atoms with Crippen LogP contribution in [0.1, 0.15) is 105 Å². The van der Waals surface area contributed by atoms with Gasteiger partial charge in [-0.25, -0.2) is 4.79 Å². The van der Waals surface area contributed by atoms with Crippen molar-refractivity contribution in [2.24, 2.45) is 29.6 Å². The monoisotopic (exact) mass is 775 g/mol. The van der Waals surface area contributed by atoms with Crippen molar-refractivity contribution in [2.45, 2.75) is 154 Å². The van der Waals surface area contributed by atoms with Crippen LogP contribution in [0.5, 0.6) is 0 Å². The summed E-state index contributed by atoms with van der Waals surface area (Å²) in [6.07, 6.45) is 8.59. The van der Waals surface area contributed by atoms with Crippen molar-refractivity contribution < 1.29 is 53.1 Å². The van der Waals surface area contributed by atoms with Crippen LogP contribution in [0.2, 0.25) is 0 Å². The summed E-state index contributed by atoms with van der Waals surface area (Å²) >= 11 is 0. The fraction of sp³-hybridized carbons (Fsp3) is 0.767. The second-order valence-electron chi connectivity index (χ2n) is 16.4. The molecule has 1 unspecified atom stereocenters. The van der Waals surface area contributed by atoms with Crippen LogP contribution >= 0.6 is 0 Å². The number of aliphatic hydroxyl groups excluding tert-OH is 2. The Balaban J connectivity index is 1.74. The zero-order valence-electron chi connectivity index (χ0n) is 34.5. The van der Waals surface area contributed by atoms with Crippen LogP contribution in [0.25, 0.3) is 0 Å². The minimum Gasteiger partial charge on any atom is -0.457 e. The molecule has 1 saturated carbocycles. The lowest BCUT2D eigenvalue weighted by Crippen LogP contribution is -2.49. The summed E-state index contributed by atoms with van der Waals surface area (Å²) in [7, 11) is 4.81. The number of rotatable bonds is 21. The molecule has 13 atom stereocenters. The predicted octanol–water partition coefficient (Wildman–Crippen LogP) is 5.52. The summed E-state index contributed by atoms with van der Waals surface area (Å²) in [5.41, 5.74) is 1.75. The molecule has 3 fully saturated rings. The van der Waals surface area contributed by atoms with E-state index in [0.717, 1.165) is 30.4 Å². The van der Waals surface area contributed by atoms with Gasteiger partial charge >= 0.3 is 11.9 Å². The zero-order chi connectivity index (χ0) is 40.8. The highest BCUT2D eigenvalue weighted by Gasteiger charge is 2.41. The summed E-state index contributed by atoms with van der Waals surface area (Å²) in [4.78, 5) is 53.1. The molecule has 2 heterocycles. The average molecular weight is 776 g/mol. The molecule has 12 nitrogen and oxygen atoms in total. The van der Waals surface area contributed by atoms with E-state index in [-0.39, 0.29) is 54.2 Å². The van der Waals surface area contributed by atoms with Gasteiger partial charge in [0.05, 0.1) is 36.4 Å². The maximum Gasteiger partial charge on any atom is 0.329 e. The largest absolute Gasteiger partial charge is 0.457 e. The lowest BCUT2D eigenvalue weighted by atomic mass is 9.81. The molecule has 12 heteroatoms. The van der Waals surface area contributed by atoms with E-state index in [4.69, 9.17) is 23.7 Å². The summed E-state index contributed by atoms with van der Waals surface area (Å²) < 4.78 is 28.9. The zero-order valence-corrected chi connectivity index (χ0v) is 34.5. The van der Waals surface area contributed by atoms with E-state index in [1.54, 1.807) is 34.3 Å². The molecule has 0 aromatic rings. The number of carbonyl (C=O) groups excluding carboxylic acids is 4. The van der Waals surface area contributed by atoms with Crippen LogP contribution in [0.3, 0.4) is 0 Å². The highest BCUT2D eigenvalue weighted by atomic mass is 16.6. The maximum absolute atomic E-state index is 13.8. The highest BCUT2D eigenvalue weighted by molar-refractivity contribution is 5.83. The summed E-state index contributed by atoms with van der Waals surface area (Å²) in [5, 5.41) is 22.0. The first-order valence-electron chi connectivity index (χ1n) is 20.2. The molecule has 55 heavy (non-hydrogen) atoms. The van der Waals surface area contributed by atoms with Crippen LogP contribution in [-0.4, -0.2) is 116 Å². The Bertz CT molecular complexity index is 1330. The molecule has 0 aromatic carbocycles. The normalized spacial score (nSPS) is 30.0. The van der Waals surface area contributed by atoms with Crippen molar-refractivity contribution in [1.29, 1.82) is 0 Å². The first kappa shape index (κ1) is 46.5. The van der Waals surface area contributed by atoms with E-state index in [1.165, 1.54) is 4.90 Å². The molecule has 2 saturated heterocycles. The third-order valence-corrected chi connectivity index (χ3v) is 11.9. The topological polar surface area (TPSA) is 158 Å². The second-order valence-corrected chi connectivity index (χ2v) is 16.4. The number of methoxy groups -OCH3 is 3. The quantitative estimate of drug-likeness (QED) is 0.0859. The number of ether oxygens (including phenoxy) is 5. The Morgan fingerprint density at radius 1 is 1.04 bits per heavy atom. The van der Waals surface area contributed by atoms with Gasteiger partial charge in [0, 0.05) is 46.1 Å². The van der Waals surface area contributed by atoms with Crippen LogP contribution < -0.4 is 0 Å². The number of hydrogen-bond donors (Lipinski definition) is 2. The first-order valence-corrected chi connectivity index (χ1v) is 20.2. The van der Waals surface area contributed by atoms with Gasteiger partial charge in [-0.3, -0.25) is 14.4 Å². The standard InChI is InChI=1S/C43H69NO11/c1-10-13-32(19-26(2)18-27(3)20-38(52-8)41-39(53-9)22-29(5)42(49)55-41)36(48)24-35(47)30(6)40(54-43(50)33-14-11-12-17-44(33)25-45)28(4)21-31-15-16-34(46)37(23-31)51-7/h10,19,21,25,27,29-35,37-41,46-47H,1,11-18,20,22-24H2,2-9H3/b26-19-,28-21+/t27-,29?,30+,31-,32+,33-,34+,35-,37+,38-,39-,40+,41+/m0/s1. The van der Waals surface area contributed by atoms with Gasteiger partial charge in [-0.15, -0.1) is 6.58 Å². The number of aliphatic hydroxyl groups is 2. The third-order valence-electron chi connectivity index (χ3n) is 11.9. The van der Waals surface area contributed by atoms with Gasteiger partial charge in [-0.1, -0.05) is 44.6 Å². The molecule has 2 N–H and O–H groups in total. The van der Waals surface area contributed by atoms with Gasteiger partial charge in [0.25, 0.3) is 0 Å². The van der Waals surface area contributed by atoms with Crippen molar-refractivity contribution in [2.75, 3.05) is 27.9 Å². The smallest absolute Gasteiger partial charge is 0.329 e. The summed E-state index contributed by atoms with van der Waals surface area (Å²) in [5.74, 6) is -2.11. The summed E-state index contributed by atoms with van der Waals surface area (Å²) in [6.45, 7) is 13.9. The Hall–Kier alpha value is -2.90. The molecule has 0 bridgehead atoms. The predicted molar refractivity (Wildman–Crippen MR) is 209 cm³/mol. The van der Waals surface area contributed by atoms with Crippen molar-refractivity contribution in [1.82, 2.24) is 4.90 Å². The van der Waals surface area contributed by atoms with E-state index in [1.807, 2.05) is 32.9 Å². The maximum atomic E-state index is 13.8. The van der Waals surface area contributed by atoms with Gasteiger partial charge in [0.15, 0.2) is 6.10 Å². The average Bonchev–Trinajstić information content (AvgIpc) is 3.16. The van der Waals surface area contributed by atoms with E-state index in [9.17, 15) is 29.4 Å². The minimum absolute atomic E-state index is 0.0658. The molecule has 1 amide bonds. The molecule has 0 aromatic heterocycles. The Kier molecular flexibility index (Phi) is 19.2. The number of nitrogens with zero attached hydrogens (tertiary/aromatic N) is 1. The Morgan fingerprint density at radius 3 is 2.38 bits per heavy atom. The number of amides is 1. The van der Waals surface area contributed by atoms with Crippen molar-refractivity contribution in [3.8, 4) is 0 Å². The van der Waals surface area contributed by atoms with Gasteiger partial charge in [0.1, 0.15) is 17.9 Å². The van der Waals surface area contributed by atoms with Crippen molar-refractivity contribution in [3.63, 3.8) is 0 Å². The molecule has 0 spiro atoms. The van der Waals surface area contributed by atoms with E-state index >= 15 is 0 Å². The first-order chi connectivity index (χ1) is 26.2. The fourth-order valence-corrected chi connectivity index (χ4v) is 8.64. The number of carbonyl (C=O) groups is 4. The Morgan fingerprint density at radius 2 is 1.75 bits per heavy atom. The lowest BCUT2D eigenvalue weighted by Gasteiger charge is -2.38. The van der Waals surface area contributed by atoms with Crippen molar-refractivity contribution in [3.05, 3.63) is 36.0 Å². The van der Waals surface area contributed by atoms with E-state index < -0.39 is 48.3 Å². The van der Waals surface area contributed by atoms with Gasteiger partial charge in [-0.05, 0) is 95.5 Å². The lowest BCUT2D eigenvalue weighted by molar-refractivity contribution is -0.189. The fourth-order valence-electron chi connectivity index (χ4n) is 8.64. The molecular formula is C43H69NO11. The molecule has 312 valence electrons. The molecule has 2 aliphatic heterocycles. The van der Waals surface area contributed by atoms with Gasteiger partial charge < -0.3 is 38.8 Å². The third kappa shape index (κ3) is 13.3. The number of esters is 2. The minimum atomic E-state index is -1.13. The number of cyclic esters (lactones) is 1. The van der Waals surface area contributed by atoms with Gasteiger partial charge in [-0.2, -0.15) is 0 Å². The molecular weight excluding hydrogens is 706 g/mol. The number of hydrogen-bond acceptors (Lipinski definition) is 11. The second kappa shape index (κ2) is 22.7. The van der Waals surface area contributed by atoms with Crippen LogP contribution in [-0.2, 0) is 42.9 Å². The molecule has 1 aliphatic carbocycles. The molecule has 0 radical (unpaired) electrons. The number of allylic oxidation sites excluding steroid dienone is 4. The van der Waals surface area contributed by atoms with Crippen LogP contribution in [0.4, 0.5) is 0 Å². The summed E-state index contributed by atoms with van der Waals surface area (Å²) in [6, 6.07) is -0.704. The molecule has 3 aliphatic rings. The number of likely N-dealkylation sites (tertiary alicyclic amines) is 1. The highest BCUT2D eigenvalue weighted by Crippen LogP contribution is 2.33. The van der Waals surface area contributed by atoms with Crippen molar-refractivity contribution >= 4 is 24.1 Å². The number of piperidine rings is 1.